The van der Waals surface area contributed by atoms with Gasteiger partial charge >= 0.3 is 11.7 Å². The number of nitrogens with zero attached hydrogens (tertiary/aromatic N) is 2. The minimum absolute atomic E-state index is 0.197. The van der Waals surface area contributed by atoms with Gasteiger partial charge in [0.1, 0.15) is 18.0 Å². The number of nitrogens with one attached hydrogen (secondary N) is 1. The van der Waals surface area contributed by atoms with Gasteiger partial charge in [-0.25, -0.2) is 0 Å². The molecule has 0 bridgehead atoms. The summed E-state index contributed by atoms with van der Waals surface area (Å²) >= 11 is 0. The lowest BCUT2D eigenvalue weighted by Gasteiger charge is -2.03. The molecule has 8 heteroatoms. The summed E-state index contributed by atoms with van der Waals surface area (Å²) in [6.07, 6.45) is -1.14. The van der Waals surface area contributed by atoms with Crippen LogP contribution in [0.2, 0.25) is 0 Å². The molecule has 0 saturated heterocycles. The number of aliphatic carboxylic acids is 1. The Kier molecular flexibility index (Phi) is 2.77. The Hall–Kier alpha value is -1.96. The zero-order valence-corrected chi connectivity index (χ0v) is 6.88. The number of hydrogen-bond donors (Lipinski definition) is 3. The van der Waals surface area contributed by atoms with Gasteiger partial charge < -0.3 is 10.2 Å². The third kappa shape index (κ3) is 2.04. The second-order valence-electron chi connectivity index (χ2n) is 2.54. The molecule has 1 unspecified atom stereocenters. The number of rotatable bonds is 4. The van der Waals surface area contributed by atoms with Crippen LogP contribution in [0.4, 0.5) is 5.69 Å². The summed E-state index contributed by atoms with van der Waals surface area (Å²) in [7, 11) is 0. The fourth-order valence-corrected chi connectivity index (χ4v) is 0.948. The van der Waals surface area contributed by atoms with E-state index in [2.05, 4.69) is 10.2 Å². The smallest absolute Gasteiger partial charge is 0.312 e. The van der Waals surface area contributed by atoms with Crippen LogP contribution in [0, 0.1) is 10.1 Å². The molecule has 0 aliphatic carbocycles. The molecule has 0 radical (unpaired) electrons. The standard InChI is InChI=1S/C6H7N3O5/c10-4(1-5(11)12)6-3(9(13)14)2-7-8-6/h2,4,10H,1H2,(H,7,8)(H,11,12). The second-order valence-corrected chi connectivity index (χ2v) is 2.54. The Labute approximate surface area is 77.3 Å². The quantitative estimate of drug-likeness (QED) is 0.457. The van der Waals surface area contributed by atoms with Crippen LogP contribution in [0.15, 0.2) is 6.20 Å². The van der Waals surface area contributed by atoms with E-state index in [1.165, 1.54) is 0 Å². The largest absolute Gasteiger partial charge is 0.481 e. The number of aromatic amines is 1. The molecule has 1 aromatic rings. The van der Waals surface area contributed by atoms with Gasteiger partial charge in [0.15, 0.2) is 0 Å². The van der Waals surface area contributed by atoms with Crippen LogP contribution < -0.4 is 0 Å². The molecule has 76 valence electrons. The maximum Gasteiger partial charge on any atom is 0.312 e. The van der Waals surface area contributed by atoms with E-state index in [1.54, 1.807) is 0 Å². The number of aliphatic hydroxyl groups excluding tert-OH is 1. The van der Waals surface area contributed by atoms with Gasteiger partial charge in [-0.2, -0.15) is 5.10 Å². The van der Waals surface area contributed by atoms with Crippen molar-refractivity contribution in [2.45, 2.75) is 12.5 Å². The number of aromatic nitrogens is 2. The van der Waals surface area contributed by atoms with E-state index < -0.39 is 29.1 Å². The fourth-order valence-electron chi connectivity index (χ4n) is 0.948. The van der Waals surface area contributed by atoms with Crippen LogP contribution in [-0.2, 0) is 4.79 Å². The number of nitro groups is 1. The highest BCUT2D eigenvalue weighted by atomic mass is 16.6. The Bertz CT molecular complexity index is 360. The molecule has 0 aliphatic heterocycles. The molecule has 1 heterocycles. The van der Waals surface area contributed by atoms with Crippen molar-refractivity contribution in [3.8, 4) is 0 Å². The van der Waals surface area contributed by atoms with Gasteiger partial charge in [-0.05, 0) is 0 Å². The highest BCUT2D eigenvalue weighted by molar-refractivity contribution is 5.67. The summed E-state index contributed by atoms with van der Waals surface area (Å²) < 4.78 is 0. The van der Waals surface area contributed by atoms with Crippen molar-refractivity contribution in [2.24, 2.45) is 0 Å². The number of H-pyrrole nitrogens is 1. The Morgan fingerprint density at radius 1 is 1.79 bits per heavy atom. The Morgan fingerprint density at radius 2 is 2.43 bits per heavy atom. The number of carboxylic acids is 1. The Morgan fingerprint density at radius 3 is 2.93 bits per heavy atom. The molecule has 0 amide bonds. The summed E-state index contributed by atoms with van der Waals surface area (Å²) in [4.78, 5) is 19.8. The first-order valence-corrected chi connectivity index (χ1v) is 3.60. The molecule has 8 nitrogen and oxygen atoms in total. The lowest BCUT2D eigenvalue weighted by atomic mass is 10.2. The third-order valence-corrected chi connectivity index (χ3v) is 1.55. The topological polar surface area (TPSA) is 129 Å². The monoisotopic (exact) mass is 201 g/mol. The summed E-state index contributed by atoms with van der Waals surface area (Å²) in [5, 5.41) is 33.5. The molecule has 0 saturated carbocycles. The average molecular weight is 201 g/mol. The molecular formula is C6H7N3O5. The zero-order chi connectivity index (χ0) is 10.7. The van der Waals surface area contributed by atoms with Crippen molar-refractivity contribution in [1.29, 1.82) is 0 Å². The minimum Gasteiger partial charge on any atom is -0.481 e. The highest BCUT2D eigenvalue weighted by Crippen LogP contribution is 2.23. The molecule has 1 aromatic heterocycles. The summed E-state index contributed by atoms with van der Waals surface area (Å²) in [6.45, 7) is 0. The number of carbonyl (C=O) groups is 1. The number of hydrogen-bond acceptors (Lipinski definition) is 5. The van der Waals surface area contributed by atoms with Gasteiger partial charge in [0, 0.05) is 0 Å². The maximum absolute atomic E-state index is 10.4. The van der Waals surface area contributed by atoms with Gasteiger partial charge in [-0.1, -0.05) is 0 Å². The average Bonchev–Trinajstić information content (AvgIpc) is 2.49. The van der Waals surface area contributed by atoms with Crippen LogP contribution in [0.3, 0.4) is 0 Å². The molecule has 0 fully saturated rings. The normalized spacial score (nSPS) is 12.4. The molecule has 0 spiro atoms. The summed E-state index contributed by atoms with van der Waals surface area (Å²) in [6, 6.07) is 0. The highest BCUT2D eigenvalue weighted by Gasteiger charge is 2.24. The lowest BCUT2D eigenvalue weighted by molar-refractivity contribution is -0.386. The fraction of sp³-hybridized carbons (Fsp3) is 0.333. The van der Waals surface area contributed by atoms with Gasteiger partial charge in [0.05, 0.1) is 11.3 Å². The third-order valence-electron chi connectivity index (χ3n) is 1.55. The van der Waals surface area contributed by atoms with Gasteiger partial charge in [-0.3, -0.25) is 20.0 Å². The molecule has 1 rings (SSSR count). The minimum atomic E-state index is -1.45. The molecule has 14 heavy (non-hydrogen) atoms. The van der Waals surface area contributed by atoms with Crippen LogP contribution in [0.1, 0.15) is 18.2 Å². The van der Waals surface area contributed by atoms with E-state index in [4.69, 9.17) is 5.11 Å². The van der Waals surface area contributed by atoms with Gasteiger partial charge in [0.2, 0.25) is 0 Å². The molecule has 1 atom stereocenters. The predicted octanol–water partition coefficient (Wildman–Crippen LogP) is -0.174. The van der Waals surface area contributed by atoms with Crippen molar-refractivity contribution in [3.63, 3.8) is 0 Å². The van der Waals surface area contributed by atoms with Crippen LogP contribution in [-0.4, -0.2) is 31.3 Å². The van der Waals surface area contributed by atoms with E-state index in [9.17, 15) is 20.0 Å². The predicted molar refractivity (Wildman–Crippen MR) is 42.5 cm³/mol. The lowest BCUT2D eigenvalue weighted by Crippen LogP contribution is -2.07. The van der Waals surface area contributed by atoms with E-state index in [1.807, 2.05) is 0 Å². The van der Waals surface area contributed by atoms with Crippen LogP contribution >= 0.6 is 0 Å². The number of carboxylic acid groups (broad SMARTS) is 1. The first kappa shape index (κ1) is 10.1. The number of aliphatic hydroxyl groups is 1. The zero-order valence-electron chi connectivity index (χ0n) is 6.88. The van der Waals surface area contributed by atoms with Crippen LogP contribution in [0.5, 0.6) is 0 Å². The molecule has 0 aliphatic rings. The Balaban J connectivity index is 2.89. The van der Waals surface area contributed by atoms with Crippen molar-refractivity contribution in [1.82, 2.24) is 10.2 Å². The van der Waals surface area contributed by atoms with Crippen molar-refractivity contribution < 1.29 is 19.9 Å². The van der Waals surface area contributed by atoms with Crippen molar-refractivity contribution in [3.05, 3.63) is 22.0 Å². The van der Waals surface area contributed by atoms with E-state index in [-0.39, 0.29) is 5.69 Å². The summed E-state index contributed by atoms with van der Waals surface area (Å²) in [5.74, 6) is -1.25. The summed E-state index contributed by atoms with van der Waals surface area (Å²) in [5.41, 5.74) is -0.615. The van der Waals surface area contributed by atoms with Gasteiger partial charge in [0.25, 0.3) is 0 Å². The molecular weight excluding hydrogens is 194 g/mol. The van der Waals surface area contributed by atoms with Crippen LogP contribution in [0.25, 0.3) is 0 Å². The maximum atomic E-state index is 10.4. The van der Waals surface area contributed by atoms with Gasteiger partial charge in [-0.15, -0.1) is 0 Å². The van der Waals surface area contributed by atoms with E-state index >= 15 is 0 Å². The second kappa shape index (κ2) is 3.83. The first-order chi connectivity index (χ1) is 6.52. The van der Waals surface area contributed by atoms with E-state index in [0.717, 1.165) is 6.20 Å². The first-order valence-electron chi connectivity index (χ1n) is 3.60. The van der Waals surface area contributed by atoms with Crippen molar-refractivity contribution in [2.75, 3.05) is 0 Å². The molecule has 3 N–H and O–H groups in total. The van der Waals surface area contributed by atoms with E-state index in [0.29, 0.717) is 0 Å². The van der Waals surface area contributed by atoms with Crippen molar-refractivity contribution >= 4 is 11.7 Å². The molecule has 0 aromatic carbocycles. The SMILES string of the molecule is O=C(O)CC(O)c1[nH]ncc1[N+](=O)[O-].